The SMILES string of the molecule is COc1ccccc1Nc1c([N+](=O)[O-])ccc2c1=NC1(CCCCC1)N=2. The van der Waals surface area contributed by atoms with Gasteiger partial charge in [0.15, 0.2) is 5.66 Å². The number of nitrogens with zero attached hydrogens (tertiary/aromatic N) is 3. The van der Waals surface area contributed by atoms with Gasteiger partial charge in [-0.1, -0.05) is 18.6 Å². The largest absolute Gasteiger partial charge is 0.495 e. The number of para-hydroxylation sites is 2. The third-order valence-electron chi connectivity index (χ3n) is 5.00. The number of fused-ring (bicyclic) bond motifs is 1. The second-order valence-corrected chi connectivity index (χ2v) is 6.68. The first-order valence-corrected chi connectivity index (χ1v) is 8.79. The van der Waals surface area contributed by atoms with Gasteiger partial charge < -0.3 is 10.1 Å². The van der Waals surface area contributed by atoms with E-state index in [0.29, 0.717) is 22.5 Å². The van der Waals surface area contributed by atoms with E-state index in [1.54, 1.807) is 13.2 Å². The van der Waals surface area contributed by atoms with Gasteiger partial charge in [0.2, 0.25) is 0 Å². The van der Waals surface area contributed by atoms with E-state index in [9.17, 15) is 10.1 Å². The normalized spacial score (nSPS) is 17.1. The number of ether oxygens (including phenoxy) is 1. The molecule has 1 fully saturated rings. The van der Waals surface area contributed by atoms with Gasteiger partial charge >= 0.3 is 0 Å². The lowest BCUT2D eigenvalue weighted by Crippen LogP contribution is -2.26. The zero-order valence-electron chi connectivity index (χ0n) is 14.6. The smallest absolute Gasteiger partial charge is 0.295 e. The Morgan fingerprint density at radius 3 is 2.62 bits per heavy atom. The fourth-order valence-electron chi connectivity index (χ4n) is 3.73. The van der Waals surface area contributed by atoms with Crippen LogP contribution in [0.15, 0.2) is 46.4 Å². The average molecular weight is 352 g/mol. The lowest BCUT2D eigenvalue weighted by molar-refractivity contribution is -0.384. The molecule has 4 rings (SSSR count). The van der Waals surface area contributed by atoms with E-state index < -0.39 is 5.66 Å². The molecule has 1 saturated carbocycles. The first-order chi connectivity index (χ1) is 12.6. The molecule has 0 radical (unpaired) electrons. The lowest BCUT2D eigenvalue weighted by atomic mass is 9.90. The van der Waals surface area contributed by atoms with Crippen molar-refractivity contribution in [3.63, 3.8) is 0 Å². The van der Waals surface area contributed by atoms with Gasteiger partial charge in [0.25, 0.3) is 5.69 Å². The van der Waals surface area contributed by atoms with Crippen molar-refractivity contribution in [2.75, 3.05) is 12.4 Å². The van der Waals surface area contributed by atoms with Crippen LogP contribution in [0.4, 0.5) is 17.1 Å². The molecule has 0 amide bonds. The average Bonchev–Trinajstić information content (AvgIpc) is 3.00. The molecule has 2 aliphatic rings. The summed E-state index contributed by atoms with van der Waals surface area (Å²) in [5.41, 5.74) is 0.573. The van der Waals surface area contributed by atoms with Gasteiger partial charge in [-0.3, -0.25) is 20.1 Å². The van der Waals surface area contributed by atoms with Crippen LogP contribution in [0.1, 0.15) is 32.1 Å². The van der Waals surface area contributed by atoms with E-state index in [4.69, 9.17) is 14.7 Å². The van der Waals surface area contributed by atoms with E-state index in [1.165, 1.54) is 12.5 Å². The van der Waals surface area contributed by atoms with Crippen LogP contribution in [0, 0.1) is 10.1 Å². The van der Waals surface area contributed by atoms with Crippen LogP contribution in [-0.4, -0.2) is 17.7 Å². The predicted octanol–water partition coefficient (Wildman–Crippen LogP) is 3.26. The molecular weight excluding hydrogens is 332 g/mol. The highest BCUT2D eigenvalue weighted by Crippen LogP contribution is 2.35. The highest BCUT2D eigenvalue weighted by atomic mass is 16.6. The Bertz CT molecular complexity index is 981. The van der Waals surface area contributed by atoms with Gasteiger partial charge in [-0.15, -0.1) is 0 Å². The first kappa shape index (κ1) is 16.5. The van der Waals surface area contributed by atoms with Crippen molar-refractivity contribution >= 4 is 17.1 Å². The summed E-state index contributed by atoms with van der Waals surface area (Å²) in [4.78, 5) is 20.9. The summed E-state index contributed by atoms with van der Waals surface area (Å²) in [6.07, 6.45) is 5.14. The molecule has 0 bridgehead atoms. The maximum Gasteiger partial charge on any atom is 0.295 e. The maximum absolute atomic E-state index is 11.6. The van der Waals surface area contributed by atoms with Crippen LogP contribution >= 0.6 is 0 Å². The van der Waals surface area contributed by atoms with Crippen molar-refractivity contribution in [2.24, 2.45) is 9.98 Å². The lowest BCUT2D eigenvalue weighted by Gasteiger charge is -2.27. The monoisotopic (exact) mass is 352 g/mol. The van der Waals surface area contributed by atoms with E-state index >= 15 is 0 Å². The number of nitro benzene ring substituents is 1. The number of anilines is 2. The molecule has 0 aromatic heterocycles. The fourth-order valence-corrected chi connectivity index (χ4v) is 3.73. The summed E-state index contributed by atoms with van der Waals surface area (Å²) >= 11 is 0. The molecule has 2 aromatic carbocycles. The number of nitro groups is 1. The van der Waals surface area contributed by atoms with Crippen LogP contribution in [0.25, 0.3) is 0 Å². The molecule has 1 N–H and O–H groups in total. The molecule has 0 atom stereocenters. The molecule has 0 unspecified atom stereocenters. The highest BCUT2D eigenvalue weighted by Gasteiger charge is 2.34. The minimum Gasteiger partial charge on any atom is -0.495 e. The maximum atomic E-state index is 11.6. The van der Waals surface area contributed by atoms with Crippen molar-refractivity contribution in [1.82, 2.24) is 0 Å². The number of methoxy groups -OCH3 is 1. The van der Waals surface area contributed by atoms with E-state index in [1.807, 2.05) is 24.3 Å². The van der Waals surface area contributed by atoms with Crippen LogP contribution in [0.3, 0.4) is 0 Å². The molecule has 1 heterocycles. The molecule has 134 valence electrons. The Morgan fingerprint density at radius 1 is 1.12 bits per heavy atom. The quantitative estimate of drug-likeness (QED) is 0.675. The van der Waals surface area contributed by atoms with Gasteiger partial charge in [-0.25, -0.2) is 0 Å². The first-order valence-electron chi connectivity index (χ1n) is 8.79. The Hall–Kier alpha value is -2.96. The topological polar surface area (TPSA) is 89.1 Å². The summed E-state index contributed by atoms with van der Waals surface area (Å²) in [7, 11) is 1.57. The molecule has 0 saturated heterocycles. The predicted molar refractivity (Wildman–Crippen MR) is 97.5 cm³/mol. The minimum atomic E-state index is -0.451. The van der Waals surface area contributed by atoms with Gasteiger partial charge in [0.1, 0.15) is 16.8 Å². The van der Waals surface area contributed by atoms with E-state index in [0.717, 1.165) is 31.0 Å². The van der Waals surface area contributed by atoms with Crippen molar-refractivity contribution in [3.05, 3.63) is 57.2 Å². The zero-order chi connectivity index (χ0) is 18.1. The van der Waals surface area contributed by atoms with Crippen molar-refractivity contribution in [2.45, 2.75) is 37.8 Å². The molecule has 7 nitrogen and oxygen atoms in total. The summed E-state index contributed by atoms with van der Waals surface area (Å²) in [5.74, 6) is 0.613. The molecule has 26 heavy (non-hydrogen) atoms. The molecule has 2 aromatic rings. The number of hydrogen-bond donors (Lipinski definition) is 1. The van der Waals surface area contributed by atoms with Crippen LogP contribution in [0.2, 0.25) is 0 Å². The number of benzene rings is 2. The van der Waals surface area contributed by atoms with E-state index in [-0.39, 0.29) is 10.6 Å². The Kier molecular flexibility index (Phi) is 4.06. The van der Waals surface area contributed by atoms with E-state index in [2.05, 4.69) is 5.32 Å². The number of nitrogens with one attached hydrogen (secondary N) is 1. The second-order valence-electron chi connectivity index (χ2n) is 6.68. The molecular formula is C19H20N4O3. The summed E-state index contributed by atoms with van der Waals surface area (Å²) in [6, 6.07) is 10.5. The van der Waals surface area contributed by atoms with Crippen LogP contribution < -0.4 is 20.8 Å². The Balaban J connectivity index is 1.87. The Morgan fingerprint density at radius 2 is 1.88 bits per heavy atom. The third-order valence-corrected chi connectivity index (χ3v) is 5.00. The third kappa shape index (κ3) is 2.79. The zero-order valence-corrected chi connectivity index (χ0v) is 14.6. The summed E-state index contributed by atoms with van der Waals surface area (Å²) in [5, 5.41) is 16.1. The van der Waals surface area contributed by atoms with Crippen molar-refractivity contribution in [1.29, 1.82) is 0 Å². The standard InChI is InChI=1S/C19H20N4O3/c1-26-16-8-4-3-7-13(16)20-18-15(23(24)25)10-9-14-17(18)22-19(21-14)11-5-2-6-12-19/h3-4,7-10,20H,2,5-6,11-12H2,1H3. The van der Waals surface area contributed by atoms with Gasteiger partial charge in [0.05, 0.1) is 23.1 Å². The van der Waals surface area contributed by atoms with Crippen LogP contribution in [-0.2, 0) is 0 Å². The van der Waals surface area contributed by atoms with Crippen molar-refractivity contribution < 1.29 is 9.66 Å². The fraction of sp³-hybridized carbons (Fsp3) is 0.368. The second kappa shape index (κ2) is 6.40. The van der Waals surface area contributed by atoms with Crippen molar-refractivity contribution in [3.8, 4) is 5.75 Å². The Labute approximate surface area is 150 Å². The van der Waals surface area contributed by atoms with Crippen LogP contribution in [0.5, 0.6) is 5.75 Å². The minimum absolute atomic E-state index is 0.0125. The summed E-state index contributed by atoms with van der Waals surface area (Å²) in [6.45, 7) is 0. The van der Waals surface area contributed by atoms with Gasteiger partial charge in [-0.05, 0) is 43.9 Å². The molecule has 1 spiro atoms. The summed E-state index contributed by atoms with van der Waals surface area (Å²) < 4.78 is 5.36. The molecule has 7 heteroatoms. The molecule has 1 aliphatic carbocycles. The molecule has 1 aliphatic heterocycles. The number of hydrogen-bond acceptors (Lipinski definition) is 6. The van der Waals surface area contributed by atoms with Gasteiger partial charge in [0, 0.05) is 6.07 Å². The number of rotatable bonds is 4. The highest BCUT2D eigenvalue weighted by molar-refractivity contribution is 5.72. The van der Waals surface area contributed by atoms with Gasteiger partial charge in [-0.2, -0.15) is 0 Å².